The number of hydrogen-bond acceptors (Lipinski definition) is 5. The highest BCUT2D eigenvalue weighted by Crippen LogP contribution is 2.34. The Morgan fingerprint density at radius 1 is 1.47 bits per heavy atom. The lowest BCUT2D eigenvalue weighted by atomic mass is 10.1. The minimum atomic E-state index is 0.177. The number of nitrogens with zero attached hydrogens (tertiary/aromatic N) is 2. The fraction of sp³-hybridized carbons (Fsp3) is 0.385. The van der Waals surface area contributed by atoms with Crippen molar-refractivity contribution in [2.45, 2.75) is 42.0 Å². The van der Waals surface area contributed by atoms with Gasteiger partial charge >= 0.3 is 0 Å². The third-order valence-electron chi connectivity index (χ3n) is 2.74. The standard InChI is InChI=1S/C13H16ClN3S2/c1-3-11(15)6-9-4-5-10(14)7-12(9)18-13-16-8(2)17-19-13/h4-5,7,11H,3,6,15H2,1-2H3. The SMILES string of the molecule is CCC(N)Cc1ccc(Cl)cc1Sc1nc(C)ns1. The summed E-state index contributed by atoms with van der Waals surface area (Å²) in [6, 6.07) is 6.11. The van der Waals surface area contributed by atoms with Gasteiger partial charge in [-0.15, -0.1) is 0 Å². The summed E-state index contributed by atoms with van der Waals surface area (Å²) < 4.78 is 5.13. The van der Waals surface area contributed by atoms with Crippen LogP contribution >= 0.6 is 34.9 Å². The van der Waals surface area contributed by atoms with E-state index in [1.807, 2.05) is 25.1 Å². The van der Waals surface area contributed by atoms with Crippen molar-refractivity contribution in [1.29, 1.82) is 0 Å². The van der Waals surface area contributed by atoms with Gasteiger partial charge in [-0.25, -0.2) is 4.98 Å². The molecule has 1 atom stereocenters. The van der Waals surface area contributed by atoms with E-state index >= 15 is 0 Å². The number of hydrogen-bond donors (Lipinski definition) is 1. The molecule has 0 fully saturated rings. The van der Waals surface area contributed by atoms with Crippen molar-refractivity contribution < 1.29 is 0 Å². The Labute approximate surface area is 126 Å². The monoisotopic (exact) mass is 313 g/mol. The van der Waals surface area contributed by atoms with Crippen LogP contribution in [-0.4, -0.2) is 15.4 Å². The minimum absolute atomic E-state index is 0.177. The summed E-state index contributed by atoms with van der Waals surface area (Å²) in [6.07, 6.45) is 1.82. The molecule has 102 valence electrons. The fourth-order valence-corrected chi connectivity index (χ4v) is 3.66. The van der Waals surface area contributed by atoms with Gasteiger partial charge in [0, 0.05) is 16.0 Å². The van der Waals surface area contributed by atoms with E-state index < -0.39 is 0 Å². The van der Waals surface area contributed by atoms with Crippen molar-refractivity contribution >= 4 is 34.9 Å². The second kappa shape index (κ2) is 6.70. The summed E-state index contributed by atoms with van der Waals surface area (Å²) in [4.78, 5) is 5.49. The van der Waals surface area contributed by atoms with Crippen molar-refractivity contribution in [2.75, 3.05) is 0 Å². The van der Waals surface area contributed by atoms with Gasteiger partial charge in [0.15, 0.2) is 4.34 Å². The van der Waals surface area contributed by atoms with Crippen molar-refractivity contribution in [3.8, 4) is 0 Å². The first-order valence-corrected chi connectivity index (χ1v) is 8.07. The molecule has 6 heteroatoms. The quantitative estimate of drug-likeness (QED) is 0.908. The topological polar surface area (TPSA) is 51.8 Å². The molecule has 2 rings (SSSR count). The molecule has 2 aromatic rings. The number of aryl methyl sites for hydroxylation is 1. The lowest BCUT2D eigenvalue weighted by Gasteiger charge is -2.12. The number of halogens is 1. The maximum atomic E-state index is 6.08. The molecule has 1 aromatic heterocycles. The summed E-state index contributed by atoms with van der Waals surface area (Å²) in [5, 5.41) is 0.734. The summed E-state index contributed by atoms with van der Waals surface area (Å²) in [7, 11) is 0. The molecule has 1 heterocycles. The van der Waals surface area contributed by atoms with Gasteiger partial charge in [0.25, 0.3) is 0 Å². The molecule has 19 heavy (non-hydrogen) atoms. The van der Waals surface area contributed by atoms with Gasteiger partial charge in [-0.05, 0) is 49.0 Å². The van der Waals surface area contributed by atoms with E-state index in [9.17, 15) is 0 Å². The Kier molecular flexibility index (Phi) is 5.21. The summed E-state index contributed by atoms with van der Waals surface area (Å²) >= 11 is 9.10. The first-order chi connectivity index (χ1) is 9.08. The Morgan fingerprint density at radius 3 is 2.89 bits per heavy atom. The lowest BCUT2D eigenvalue weighted by Crippen LogP contribution is -2.21. The molecule has 0 aliphatic heterocycles. The zero-order valence-corrected chi connectivity index (χ0v) is 13.3. The highest BCUT2D eigenvalue weighted by Gasteiger charge is 2.11. The van der Waals surface area contributed by atoms with E-state index in [2.05, 4.69) is 16.3 Å². The van der Waals surface area contributed by atoms with Crippen molar-refractivity contribution in [1.82, 2.24) is 9.36 Å². The molecule has 0 aliphatic carbocycles. The third kappa shape index (κ3) is 4.18. The molecule has 0 bridgehead atoms. The first-order valence-electron chi connectivity index (χ1n) is 6.10. The van der Waals surface area contributed by atoms with E-state index in [1.165, 1.54) is 17.1 Å². The highest BCUT2D eigenvalue weighted by atomic mass is 35.5. The van der Waals surface area contributed by atoms with Crippen LogP contribution in [0.1, 0.15) is 24.7 Å². The smallest absolute Gasteiger partial charge is 0.174 e. The number of benzene rings is 1. The second-order valence-corrected chi connectivity index (χ2v) is 6.81. The predicted octanol–water partition coefficient (Wildman–Crippen LogP) is 3.93. The van der Waals surface area contributed by atoms with Crippen LogP contribution in [0.15, 0.2) is 27.4 Å². The van der Waals surface area contributed by atoms with Crippen LogP contribution in [0.3, 0.4) is 0 Å². The molecule has 0 amide bonds. The molecule has 0 saturated heterocycles. The van der Waals surface area contributed by atoms with Crippen LogP contribution < -0.4 is 5.73 Å². The van der Waals surface area contributed by atoms with Crippen LogP contribution in [0.4, 0.5) is 0 Å². The van der Waals surface area contributed by atoms with Crippen LogP contribution in [0.2, 0.25) is 5.02 Å². The largest absolute Gasteiger partial charge is 0.327 e. The third-order valence-corrected chi connectivity index (χ3v) is 4.92. The second-order valence-electron chi connectivity index (χ2n) is 4.33. The van der Waals surface area contributed by atoms with Gasteiger partial charge in [-0.2, -0.15) is 4.37 Å². The Bertz CT molecular complexity index is 557. The minimum Gasteiger partial charge on any atom is -0.327 e. The van der Waals surface area contributed by atoms with Gasteiger partial charge in [-0.1, -0.05) is 36.4 Å². The van der Waals surface area contributed by atoms with Crippen LogP contribution in [0.25, 0.3) is 0 Å². The highest BCUT2D eigenvalue weighted by molar-refractivity contribution is 8.01. The summed E-state index contributed by atoms with van der Waals surface area (Å²) in [6.45, 7) is 3.99. The van der Waals surface area contributed by atoms with E-state index in [4.69, 9.17) is 17.3 Å². The normalized spacial score (nSPS) is 12.6. The Morgan fingerprint density at radius 2 is 2.26 bits per heavy atom. The molecule has 0 aliphatic rings. The molecular weight excluding hydrogens is 298 g/mol. The van der Waals surface area contributed by atoms with Crippen molar-refractivity contribution in [3.05, 3.63) is 34.6 Å². The van der Waals surface area contributed by atoms with Crippen molar-refractivity contribution in [3.63, 3.8) is 0 Å². The maximum absolute atomic E-state index is 6.08. The van der Waals surface area contributed by atoms with Gasteiger partial charge in [0.2, 0.25) is 0 Å². The molecular formula is C13H16ClN3S2. The van der Waals surface area contributed by atoms with E-state index in [1.54, 1.807) is 11.8 Å². The zero-order chi connectivity index (χ0) is 13.8. The molecule has 1 aromatic carbocycles. The van der Waals surface area contributed by atoms with E-state index in [0.717, 1.165) is 32.9 Å². The molecule has 0 spiro atoms. The summed E-state index contributed by atoms with van der Waals surface area (Å²) in [5.74, 6) is 0.807. The molecule has 1 unspecified atom stereocenters. The fourth-order valence-electron chi connectivity index (χ4n) is 1.63. The first kappa shape index (κ1) is 14.8. The molecule has 3 nitrogen and oxygen atoms in total. The van der Waals surface area contributed by atoms with Gasteiger partial charge in [-0.3, -0.25) is 0 Å². The number of aromatic nitrogens is 2. The number of rotatable bonds is 5. The average Bonchev–Trinajstić information content (AvgIpc) is 2.78. The van der Waals surface area contributed by atoms with E-state index in [0.29, 0.717) is 0 Å². The van der Waals surface area contributed by atoms with E-state index in [-0.39, 0.29) is 6.04 Å². The van der Waals surface area contributed by atoms with Crippen LogP contribution in [0.5, 0.6) is 0 Å². The van der Waals surface area contributed by atoms with Gasteiger partial charge in [0.1, 0.15) is 5.82 Å². The van der Waals surface area contributed by atoms with Crippen molar-refractivity contribution in [2.24, 2.45) is 5.73 Å². The lowest BCUT2D eigenvalue weighted by molar-refractivity contribution is 0.641. The Balaban J connectivity index is 2.24. The predicted molar refractivity (Wildman–Crippen MR) is 82.2 cm³/mol. The maximum Gasteiger partial charge on any atom is 0.174 e. The Hall–Kier alpha value is -0.620. The molecule has 2 N–H and O–H groups in total. The average molecular weight is 314 g/mol. The summed E-state index contributed by atoms with van der Waals surface area (Å²) in [5.41, 5.74) is 7.26. The molecule has 0 saturated carbocycles. The number of nitrogens with two attached hydrogens (primary N) is 1. The van der Waals surface area contributed by atoms with Crippen LogP contribution in [0, 0.1) is 6.92 Å². The van der Waals surface area contributed by atoms with Gasteiger partial charge in [0.05, 0.1) is 0 Å². The zero-order valence-electron chi connectivity index (χ0n) is 10.9. The van der Waals surface area contributed by atoms with Crippen LogP contribution in [-0.2, 0) is 6.42 Å². The van der Waals surface area contributed by atoms with Gasteiger partial charge < -0.3 is 5.73 Å². The molecule has 0 radical (unpaired) electrons.